The van der Waals surface area contributed by atoms with Gasteiger partial charge in [-0.25, -0.2) is 0 Å². The van der Waals surface area contributed by atoms with Gasteiger partial charge < -0.3 is 18.7 Å². The topological polar surface area (TPSA) is 92.2 Å². The summed E-state index contributed by atoms with van der Waals surface area (Å²) in [5.41, 5.74) is 0. The molecule has 0 fully saturated rings. The van der Waals surface area contributed by atoms with E-state index in [9.17, 15) is 9.90 Å². The lowest BCUT2D eigenvalue weighted by Gasteiger charge is -2.04. The number of furan rings is 1. The molecule has 0 aliphatic heterocycles. The summed E-state index contributed by atoms with van der Waals surface area (Å²) in [5, 5.41) is 19.5. The SMILES string of the molecule is Cc1nnc(S/C(=C\c2ccc(Sc3ccccc3)o2)C(=O)[O-])o1. The Labute approximate surface area is 146 Å². The maximum Gasteiger partial charge on any atom is 0.281 e. The minimum Gasteiger partial charge on any atom is -0.544 e. The molecule has 3 rings (SSSR count). The van der Waals surface area contributed by atoms with E-state index in [1.165, 1.54) is 17.8 Å². The molecule has 6 nitrogen and oxygen atoms in total. The van der Waals surface area contributed by atoms with Crippen molar-refractivity contribution in [3.05, 3.63) is 59.0 Å². The number of rotatable bonds is 6. The number of carboxylic acid groups (broad SMARTS) is 1. The molecular weight excluding hydrogens is 348 g/mol. The van der Waals surface area contributed by atoms with Gasteiger partial charge in [0.05, 0.1) is 5.97 Å². The van der Waals surface area contributed by atoms with Gasteiger partial charge in [-0.05, 0) is 42.1 Å². The van der Waals surface area contributed by atoms with E-state index >= 15 is 0 Å². The molecule has 8 heteroatoms. The van der Waals surface area contributed by atoms with Gasteiger partial charge in [0, 0.05) is 16.7 Å². The molecule has 2 aromatic heterocycles. The van der Waals surface area contributed by atoms with Crippen LogP contribution in [0.25, 0.3) is 6.08 Å². The number of aliphatic carboxylic acids is 1. The van der Waals surface area contributed by atoms with E-state index < -0.39 is 5.97 Å². The van der Waals surface area contributed by atoms with Gasteiger partial charge in [-0.2, -0.15) is 0 Å². The molecule has 0 radical (unpaired) electrons. The molecule has 3 aromatic rings. The van der Waals surface area contributed by atoms with Crippen molar-refractivity contribution < 1.29 is 18.7 Å². The van der Waals surface area contributed by atoms with Gasteiger partial charge in [0.2, 0.25) is 5.89 Å². The van der Waals surface area contributed by atoms with Crippen molar-refractivity contribution in [2.24, 2.45) is 0 Å². The third kappa shape index (κ3) is 4.30. The second-order valence-corrected chi connectivity index (χ2v) is 6.63. The molecule has 0 spiro atoms. The van der Waals surface area contributed by atoms with Gasteiger partial charge in [0.15, 0.2) is 5.09 Å². The highest BCUT2D eigenvalue weighted by Crippen LogP contribution is 2.31. The van der Waals surface area contributed by atoms with Crippen LogP contribution in [0, 0.1) is 6.92 Å². The first-order valence-electron chi connectivity index (χ1n) is 6.84. The van der Waals surface area contributed by atoms with Crippen LogP contribution in [-0.2, 0) is 4.79 Å². The highest BCUT2D eigenvalue weighted by Gasteiger charge is 2.10. The van der Waals surface area contributed by atoms with E-state index in [0.717, 1.165) is 16.7 Å². The van der Waals surface area contributed by atoms with Crippen molar-refractivity contribution in [3.63, 3.8) is 0 Å². The highest BCUT2D eigenvalue weighted by molar-refractivity contribution is 8.03. The van der Waals surface area contributed by atoms with Crippen LogP contribution < -0.4 is 5.11 Å². The number of benzene rings is 1. The number of aromatic nitrogens is 2. The van der Waals surface area contributed by atoms with Crippen LogP contribution in [0.3, 0.4) is 0 Å². The summed E-state index contributed by atoms with van der Waals surface area (Å²) < 4.78 is 10.8. The Morgan fingerprint density at radius 1 is 1.12 bits per heavy atom. The zero-order chi connectivity index (χ0) is 16.9. The summed E-state index contributed by atoms with van der Waals surface area (Å²) in [6.07, 6.45) is 1.37. The summed E-state index contributed by atoms with van der Waals surface area (Å²) in [7, 11) is 0. The molecular formula is C16H11N2O4S2-. The average Bonchev–Trinajstić information content (AvgIpc) is 3.17. The van der Waals surface area contributed by atoms with Crippen molar-refractivity contribution in [1.82, 2.24) is 10.2 Å². The summed E-state index contributed by atoms with van der Waals surface area (Å²) in [5.74, 6) is -0.587. The average molecular weight is 359 g/mol. The fraction of sp³-hybridized carbons (Fsp3) is 0.0625. The Hall–Kier alpha value is -2.45. The zero-order valence-electron chi connectivity index (χ0n) is 12.5. The van der Waals surface area contributed by atoms with Gasteiger partial charge in [-0.15, -0.1) is 10.2 Å². The number of carbonyl (C=O) groups is 1. The predicted molar refractivity (Wildman–Crippen MR) is 87.1 cm³/mol. The normalized spacial score (nSPS) is 11.6. The first kappa shape index (κ1) is 16.4. The van der Waals surface area contributed by atoms with E-state index in [4.69, 9.17) is 8.83 Å². The van der Waals surface area contributed by atoms with Gasteiger partial charge in [-0.1, -0.05) is 30.0 Å². The fourth-order valence-corrected chi connectivity index (χ4v) is 3.23. The second kappa shape index (κ2) is 7.41. The standard InChI is InChI=1S/C16H12N2O4S2/c1-10-17-18-16(21-10)24-13(15(19)20)9-11-7-8-14(22-11)23-12-5-3-2-4-6-12/h2-9H,1H3,(H,19,20)/p-1/b13-9-. The van der Waals surface area contributed by atoms with Gasteiger partial charge in [-0.3, -0.25) is 0 Å². The summed E-state index contributed by atoms with van der Waals surface area (Å²) in [4.78, 5) is 12.2. The van der Waals surface area contributed by atoms with E-state index in [-0.39, 0.29) is 10.1 Å². The van der Waals surface area contributed by atoms with Crippen molar-refractivity contribution in [2.45, 2.75) is 22.1 Å². The third-order valence-corrected chi connectivity index (χ3v) is 4.52. The molecule has 0 aliphatic carbocycles. The highest BCUT2D eigenvalue weighted by atomic mass is 32.2. The molecule has 0 unspecified atom stereocenters. The van der Waals surface area contributed by atoms with Crippen molar-refractivity contribution >= 4 is 35.6 Å². The molecule has 0 aliphatic rings. The largest absolute Gasteiger partial charge is 0.544 e. The minimum atomic E-state index is -1.34. The van der Waals surface area contributed by atoms with E-state index in [1.54, 1.807) is 19.1 Å². The van der Waals surface area contributed by atoms with Gasteiger partial charge in [0.1, 0.15) is 5.76 Å². The molecule has 1 aromatic carbocycles. The number of thioether (sulfide) groups is 1. The molecule has 0 N–H and O–H groups in total. The number of carboxylic acids is 1. The Morgan fingerprint density at radius 2 is 1.92 bits per heavy atom. The quantitative estimate of drug-likeness (QED) is 0.490. The Kier molecular flexibility index (Phi) is 5.07. The Balaban J connectivity index is 1.76. The first-order valence-corrected chi connectivity index (χ1v) is 8.47. The number of nitrogens with zero attached hydrogens (tertiary/aromatic N) is 2. The van der Waals surface area contributed by atoms with Crippen molar-refractivity contribution in [3.8, 4) is 0 Å². The lowest BCUT2D eigenvalue weighted by Crippen LogP contribution is -2.22. The number of carbonyl (C=O) groups excluding carboxylic acids is 1. The van der Waals surface area contributed by atoms with Crippen LogP contribution in [0.15, 0.2) is 71.4 Å². The molecule has 0 amide bonds. The van der Waals surface area contributed by atoms with Crippen molar-refractivity contribution in [2.75, 3.05) is 0 Å². The van der Waals surface area contributed by atoms with Crippen LogP contribution in [-0.4, -0.2) is 16.2 Å². The zero-order valence-corrected chi connectivity index (χ0v) is 14.1. The molecule has 0 bridgehead atoms. The number of hydrogen-bond donors (Lipinski definition) is 0. The van der Waals surface area contributed by atoms with E-state index in [2.05, 4.69) is 10.2 Å². The second-order valence-electron chi connectivity index (χ2n) is 4.56. The predicted octanol–water partition coefficient (Wildman–Crippen LogP) is 3.01. The number of aryl methyl sites for hydroxylation is 1. The van der Waals surface area contributed by atoms with Crippen LogP contribution in [0.1, 0.15) is 11.7 Å². The number of hydrogen-bond acceptors (Lipinski definition) is 8. The van der Waals surface area contributed by atoms with Crippen molar-refractivity contribution in [1.29, 1.82) is 0 Å². The van der Waals surface area contributed by atoms with Crippen LogP contribution in [0.4, 0.5) is 0 Å². The van der Waals surface area contributed by atoms with Gasteiger partial charge >= 0.3 is 0 Å². The van der Waals surface area contributed by atoms with Gasteiger partial charge in [0.25, 0.3) is 5.22 Å². The minimum absolute atomic E-state index is 0.0794. The summed E-state index contributed by atoms with van der Waals surface area (Å²) in [6.45, 7) is 1.62. The molecule has 24 heavy (non-hydrogen) atoms. The van der Waals surface area contributed by atoms with Crippen LogP contribution in [0.5, 0.6) is 0 Å². The molecule has 0 atom stereocenters. The monoisotopic (exact) mass is 359 g/mol. The fourth-order valence-electron chi connectivity index (χ4n) is 1.74. The third-order valence-electron chi connectivity index (χ3n) is 2.74. The smallest absolute Gasteiger partial charge is 0.281 e. The summed E-state index contributed by atoms with van der Waals surface area (Å²) >= 11 is 2.26. The Bertz CT molecular complexity index is 871. The molecule has 0 saturated carbocycles. The van der Waals surface area contributed by atoms with Crippen LogP contribution in [0.2, 0.25) is 0 Å². The van der Waals surface area contributed by atoms with E-state index in [0.29, 0.717) is 16.7 Å². The maximum absolute atomic E-state index is 11.3. The lowest BCUT2D eigenvalue weighted by atomic mass is 10.4. The molecule has 2 heterocycles. The first-order chi connectivity index (χ1) is 11.6. The lowest BCUT2D eigenvalue weighted by molar-refractivity contribution is -0.298. The maximum atomic E-state index is 11.3. The molecule has 122 valence electrons. The van der Waals surface area contributed by atoms with Crippen LogP contribution >= 0.6 is 23.5 Å². The Morgan fingerprint density at radius 3 is 2.58 bits per heavy atom. The summed E-state index contributed by atoms with van der Waals surface area (Å²) in [6, 6.07) is 13.2. The van der Waals surface area contributed by atoms with E-state index in [1.807, 2.05) is 30.3 Å². The molecule has 0 saturated heterocycles.